The monoisotopic (exact) mass is 258 g/mol. The minimum Gasteiger partial charge on any atom is -0.337 e. The average molecular weight is 258 g/mol. The first-order valence-electron chi connectivity index (χ1n) is 7.35. The van der Waals surface area contributed by atoms with E-state index in [9.17, 15) is 4.79 Å². The Morgan fingerprint density at radius 2 is 2.11 bits per heavy atom. The van der Waals surface area contributed by atoms with Crippen LogP contribution in [0.1, 0.15) is 42.9 Å². The van der Waals surface area contributed by atoms with Crippen molar-refractivity contribution in [2.75, 3.05) is 13.6 Å². The zero-order valence-corrected chi connectivity index (χ0v) is 11.6. The predicted octanol–water partition coefficient (Wildman–Crippen LogP) is 2.27. The molecule has 3 nitrogen and oxygen atoms in total. The second kappa shape index (κ2) is 5.33. The van der Waals surface area contributed by atoms with Crippen molar-refractivity contribution in [3.05, 3.63) is 35.4 Å². The van der Waals surface area contributed by atoms with Gasteiger partial charge < -0.3 is 10.2 Å². The van der Waals surface area contributed by atoms with E-state index in [-0.39, 0.29) is 18.0 Å². The zero-order chi connectivity index (χ0) is 13.2. The Balaban J connectivity index is 1.80. The molecule has 0 radical (unpaired) electrons. The summed E-state index contributed by atoms with van der Waals surface area (Å²) in [5.74, 6) is 0.263. The van der Waals surface area contributed by atoms with E-state index in [2.05, 4.69) is 29.6 Å². The summed E-state index contributed by atoms with van der Waals surface area (Å²) < 4.78 is 0. The number of aryl methyl sites for hydroxylation is 1. The minimum atomic E-state index is 0.0408. The Labute approximate surface area is 115 Å². The van der Waals surface area contributed by atoms with E-state index < -0.39 is 0 Å². The smallest absolute Gasteiger partial charge is 0.239 e. The second-order valence-electron chi connectivity index (χ2n) is 5.70. The number of fused-ring (bicyclic) bond motifs is 1. The highest BCUT2D eigenvalue weighted by molar-refractivity contribution is 5.82. The van der Waals surface area contributed by atoms with E-state index in [1.807, 2.05) is 11.9 Å². The van der Waals surface area contributed by atoms with Crippen LogP contribution in [-0.2, 0) is 11.2 Å². The van der Waals surface area contributed by atoms with Crippen molar-refractivity contribution < 1.29 is 4.79 Å². The summed E-state index contributed by atoms with van der Waals surface area (Å²) in [6.45, 7) is 0.978. The fourth-order valence-electron chi connectivity index (χ4n) is 3.43. The van der Waals surface area contributed by atoms with Crippen LogP contribution in [0, 0.1) is 0 Å². The summed E-state index contributed by atoms with van der Waals surface area (Å²) in [7, 11) is 1.97. The number of carbonyl (C=O) groups is 1. The molecule has 3 heteroatoms. The summed E-state index contributed by atoms with van der Waals surface area (Å²) in [6.07, 6.45) is 5.52. The molecule has 0 aromatic heterocycles. The lowest BCUT2D eigenvalue weighted by Crippen LogP contribution is -2.43. The van der Waals surface area contributed by atoms with Gasteiger partial charge in [-0.05, 0) is 49.8 Å². The van der Waals surface area contributed by atoms with Crippen molar-refractivity contribution in [1.29, 1.82) is 0 Å². The quantitative estimate of drug-likeness (QED) is 0.882. The van der Waals surface area contributed by atoms with E-state index in [0.29, 0.717) is 0 Å². The van der Waals surface area contributed by atoms with Crippen molar-refractivity contribution in [3.8, 4) is 0 Å². The van der Waals surface area contributed by atoms with Gasteiger partial charge in [-0.1, -0.05) is 24.3 Å². The third kappa shape index (κ3) is 2.39. The average Bonchev–Trinajstić information content (AvgIpc) is 2.99. The van der Waals surface area contributed by atoms with Gasteiger partial charge in [0.05, 0.1) is 12.1 Å². The highest BCUT2D eigenvalue weighted by Gasteiger charge is 2.31. The van der Waals surface area contributed by atoms with Gasteiger partial charge in [0, 0.05) is 7.05 Å². The molecule has 102 valence electrons. The molecule has 1 unspecified atom stereocenters. The fraction of sp³-hybridized carbons (Fsp3) is 0.562. The van der Waals surface area contributed by atoms with Gasteiger partial charge in [-0.3, -0.25) is 4.79 Å². The van der Waals surface area contributed by atoms with Gasteiger partial charge in [-0.2, -0.15) is 0 Å². The Morgan fingerprint density at radius 1 is 1.26 bits per heavy atom. The number of likely N-dealkylation sites (N-methyl/N-ethyl adjacent to an activating group) is 1. The number of nitrogens with zero attached hydrogens (tertiary/aromatic N) is 1. The number of hydrogen-bond donors (Lipinski definition) is 1. The Bertz CT molecular complexity index is 466. The van der Waals surface area contributed by atoms with Gasteiger partial charge in [0.25, 0.3) is 0 Å². The molecule has 0 saturated carbocycles. The SMILES string of the molecule is CN(C(=O)[C@@H]1CCCN1)C1CCCc2ccccc21. The molecule has 0 bridgehead atoms. The van der Waals surface area contributed by atoms with Crippen LogP contribution in [0.5, 0.6) is 0 Å². The maximum Gasteiger partial charge on any atom is 0.239 e. The van der Waals surface area contributed by atoms with Crippen LogP contribution in [0.4, 0.5) is 0 Å². The van der Waals surface area contributed by atoms with Crippen molar-refractivity contribution in [2.24, 2.45) is 0 Å². The van der Waals surface area contributed by atoms with E-state index >= 15 is 0 Å². The Hall–Kier alpha value is -1.35. The minimum absolute atomic E-state index is 0.0408. The third-order valence-electron chi connectivity index (χ3n) is 4.51. The van der Waals surface area contributed by atoms with E-state index in [0.717, 1.165) is 32.2 Å². The van der Waals surface area contributed by atoms with Crippen molar-refractivity contribution in [2.45, 2.75) is 44.2 Å². The van der Waals surface area contributed by atoms with Crippen LogP contribution in [0.15, 0.2) is 24.3 Å². The molecular formula is C16H22N2O. The van der Waals surface area contributed by atoms with Crippen LogP contribution >= 0.6 is 0 Å². The van der Waals surface area contributed by atoms with Crippen LogP contribution < -0.4 is 5.32 Å². The van der Waals surface area contributed by atoms with Gasteiger partial charge in [0.1, 0.15) is 0 Å². The molecule has 1 amide bonds. The normalized spacial score (nSPS) is 25.9. The molecule has 1 aliphatic heterocycles. The maximum atomic E-state index is 12.5. The Kier molecular flexibility index (Phi) is 3.56. The topological polar surface area (TPSA) is 32.3 Å². The summed E-state index contributed by atoms with van der Waals surface area (Å²) in [5.41, 5.74) is 2.76. The van der Waals surface area contributed by atoms with Crippen LogP contribution in [-0.4, -0.2) is 30.4 Å². The van der Waals surface area contributed by atoms with Crippen LogP contribution in [0.3, 0.4) is 0 Å². The molecule has 1 aromatic carbocycles. The van der Waals surface area contributed by atoms with E-state index in [1.54, 1.807) is 0 Å². The highest BCUT2D eigenvalue weighted by atomic mass is 16.2. The van der Waals surface area contributed by atoms with Crippen LogP contribution in [0.2, 0.25) is 0 Å². The molecule has 1 aromatic rings. The molecule has 19 heavy (non-hydrogen) atoms. The van der Waals surface area contributed by atoms with Crippen molar-refractivity contribution in [1.82, 2.24) is 10.2 Å². The van der Waals surface area contributed by atoms with Crippen molar-refractivity contribution in [3.63, 3.8) is 0 Å². The molecular weight excluding hydrogens is 236 g/mol. The number of amides is 1. The van der Waals surface area contributed by atoms with Crippen LogP contribution in [0.25, 0.3) is 0 Å². The molecule has 1 saturated heterocycles. The first-order valence-corrected chi connectivity index (χ1v) is 7.35. The fourth-order valence-corrected chi connectivity index (χ4v) is 3.43. The molecule has 2 aliphatic rings. The highest BCUT2D eigenvalue weighted by Crippen LogP contribution is 2.33. The summed E-state index contributed by atoms with van der Waals surface area (Å²) in [4.78, 5) is 14.5. The molecule has 1 heterocycles. The number of benzene rings is 1. The summed E-state index contributed by atoms with van der Waals surface area (Å²) in [6, 6.07) is 8.88. The number of hydrogen-bond acceptors (Lipinski definition) is 2. The standard InChI is InChI=1S/C16H22N2O/c1-18(16(19)14-9-5-11-17-14)15-10-4-7-12-6-2-3-8-13(12)15/h2-3,6,8,14-15,17H,4-5,7,9-11H2,1H3/t14-,15?/m0/s1. The number of carbonyl (C=O) groups excluding carboxylic acids is 1. The van der Waals surface area contributed by atoms with E-state index in [4.69, 9.17) is 0 Å². The lowest BCUT2D eigenvalue weighted by molar-refractivity contribution is -0.134. The Morgan fingerprint density at radius 3 is 2.89 bits per heavy atom. The molecule has 1 fully saturated rings. The third-order valence-corrected chi connectivity index (χ3v) is 4.51. The maximum absolute atomic E-state index is 12.5. The molecule has 0 spiro atoms. The molecule has 2 atom stereocenters. The molecule has 1 aliphatic carbocycles. The largest absolute Gasteiger partial charge is 0.337 e. The first kappa shape index (κ1) is 12.7. The number of nitrogens with one attached hydrogen (secondary N) is 1. The number of rotatable bonds is 2. The molecule has 3 rings (SSSR count). The van der Waals surface area contributed by atoms with Gasteiger partial charge in [-0.15, -0.1) is 0 Å². The lowest BCUT2D eigenvalue weighted by atomic mass is 9.87. The predicted molar refractivity (Wildman–Crippen MR) is 75.9 cm³/mol. The van der Waals surface area contributed by atoms with Gasteiger partial charge in [0.15, 0.2) is 0 Å². The summed E-state index contributed by atoms with van der Waals surface area (Å²) >= 11 is 0. The second-order valence-corrected chi connectivity index (χ2v) is 5.70. The first-order chi connectivity index (χ1) is 9.27. The van der Waals surface area contributed by atoms with Gasteiger partial charge in [-0.25, -0.2) is 0 Å². The zero-order valence-electron chi connectivity index (χ0n) is 11.6. The lowest BCUT2D eigenvalue weighted by Gasteiger charge is -2.34. The summed E-state index contributed by atoms with van der Waals surface area (Å²) in [5, 5.41) is 3.31. The molecule has 1 N–H and O–H groups in total. The van der Waals surface area contributed by atoms with E-state index in [1.165, 1.54) is 17.5 Å². The van der Waals surface area contributed by atoms with Gasteiger partial charge >= 0.3 is 0 Å². The van der Waals surface area contributed by atoms with Crippen molar-refractivity contribution >= 4 is 5.91 Å². The van der Waals surface area contributed by atoms with Gasteiger partial charge in [0.2, 0.25) is 5.91 Å².